The van der Waals surface area contributed by atoms with Crippen molar-refractivity contribution in [3.63, 3.8) is 0 Å². The first kappa shape index (κ1) is 50.2. The summed E-state index contributed by atoms with van der Waals surface area (Å²) in [6.07, 6.45) is 7.18. The Morgan fingerprint density at radius 2 is 0.987 bits per heavy atom. The van der Waals surface area contributed by atoms with Crippen LogP contribution in [0.3, 0.4) is 0 Å². The topological polar surface area (TPSA) is 171 Å². The van der Waals surface area contributed by atoms with Crippen molar-refractivity contribution in [3.05, 3.63) is 254 Å². The molecule has 1 unspecified atom stereocenters. The highest BCUT2D eigenvalue weighted by Crippen LogP contribution is 2.45. The fourth-order valence-electron chi connectivity index (χ4n) is 10.0. The highest BCUT2D eigenvalue weighted by molar-refractivity contribution is 6.22. The average Bonchev–Trinajstić information content (AvgIpc) is 3.77. The molecule has 0 saturated heterocycles. The molecule has 0 radical (unpaired) electrons. The van der Waals surface area contributed by atoms with Gasteiger partial charge in [0.15, 0.2) is 11.5 Å². The van der Waals surface area contributed by atoms with Gasteiger partial charge in [-0.3, -0.25) is 14.4 Å². The Morgan fingerprint density at radius 3 is 1.53 bits per heavy atom. The third-order valence-corrected chi connectivity index (χ3v) is 14.1. The van der Waals surface area contributed by atoms with Crippen LogP contribution in [0.4, 0.5) is 28.4 Å². The molecule has 78 heavy (non-hydrogen) atoms. The smallest absolute Gasteiger partial charge is 0.259 e. The van der Waals surface area contributed by atoms with E-state index in [9.17, 15) is 19.8 Å². The number of hydrogen-bond acceptors (Lipinski definition) is 10. The van der Waals surface area contributed by atoms with Gasteiger partial charge in [0, 0.05) is 33.2 Å². The standard InChI is InChI=1S/C67H52N6O5/c1-39-13-29-51(41(3)33-39)66(78-68)58-37-47-9-5-7-11-52(47)61(64(58)75)72-70-49-25-19-43(20-26-49)15-17-45-23-30-54-55-31-24-46(36-57(55)63(74)56(54)35-45)18-16-44-21-27-50(28-22-44)71-73-62-53-12-8-6-10-48(53)38-59(65(62)76)67(77)69-60-32-14-40(2)34-42(60)4/h5-38,66,75-76H,68H2,1-4H3,(H,69,77). The molecule has 11 rings (SSSR count). The van der Waals surface area contributed by atoms with Crippen LogP contribution in [-0.4, -0.2) is 21.9 Å². The van der Waals surface area contributed by atoms with Crippen molar-refractivity contribution in [3.8, 4) is 22.6 Å². The van der Waals surface area contributed by atoms with E-state index in [0.29, 0.717) is 44.8 Å². The molecule has 0 heterocycles. The molecule has 5 N–H and O–H groups in total. The third-order valence-electron chi connectivity index (χ3n) is 14.1. The number of nitrogens with one attached hydrogen (secondary N) is 1. The maximum atomic E-state index is 13.9. The van der Waals surface area contributed by atoms with Crippen LogP contribution in [0.15, 0.2) is 202 Å². The van der Waals surface area contributed by atoms with Crippen LogP contribution in [0.1, 0.15) is 88.0 Å². The molecule has 0 saturated carbocycles. The summed E-state index contributed by atoms with van der Waals surface area (Å²) < 4.78 is 0. The number of azo groups is 2. The Bertz CT molecular complexity index is 4160. The van der Waals surface area contributed by atoms with Crippen LogP contribution in [0.2, 0.25) is 0 Å². The number of ketones is 1. The lowest BCUT2D eigenvalue weighted by Crippen LogP contribution is -2.13. The van der Waals surface area contributed by atoms with Gasteiger partial charge < -0.3 is 15.5 Å². The van der Waals surface area contributed by atoms with Gasteiger partial charge >= 0.3 is 0 Å². The Hall–Kier alpha value is -9.94. The fourth-order valence-corrected chi connectivity index (χ4v) is 10.0. The lowest BCUT2D eigenvalue weighted by Gasteiger charge is -2.20. The highest BCUT2D eigenvalue weighted by Gasteiger charge is 2.27. The number of benzene rings is 10. The molecule has 0 spiro atoms. The summed E-state index contributed by atoms with van der Waals surface area (Å²) in [5.74, 6) is 5.08. The van der Waals surface area contributed by atoms with E-state index < -0.39 is 12.0 Å². The van der Waals surface area contributed by atoms with Gasteiger partial charge in [0.2, 0.25) is 0 Å². The quantitative estimate of drug-likeness (QED) is 0.0509. The zero-order valence-electron chi connectivity index (χ0n) is 43.2. The number of carbonyl (C=O) groups excluding carboxylic acids is 2. The van der Waals surface area contributed by atoms with Crippen molar-refractivity contribution in [2.45, 2.75) is 33.8 Å². The predicted octanol–water partition coefficient (Wildman–Crippen LogP) is 17.3. The Labute approximate surface area is 451 Å². The van der Waals surface area contributed by atoms with Gasteiger partial charge in [-0.15, -0.1) is 10.2 Å². The average molecular weight is 1020 g/mol. The van der Waals surface area contributed by atoms with Gasteiger partial charge in [-0.05, 0) is 143 Å². The number of nitrogens with two attached hydrogens (primary N) is 1. The number of aromatic hydroxyl groups is 2. The number of amides is 1. The summed E-state index contributed by atoms with van der Waals surface area (Å²) in [6.45, 7) is 7.93. The van der Waals surface area contributed by atoms with E-state index in [2.05, 4.69) is 31.8 Å². The Morgan fingerprint density at radius 1 is 0.500 bits per heavy atom. The van der Waals surface area contributed by atoms with Gasteiger partial charge in [0.05, 0.1) is 16.9 Å². The molecular formula is C67H52N6O5. The van der Waals surface area contributed by atoms with E-state index in [1.54, 1.807) is 6.07 Å². The number of hydrogen-bond donors (Lipinski definition) is 4. The summed E-state index contributed by atoms with van der Waals surface area (Å²) in [4.78, 5) is 32.9. The summed E-state index contributed by atoms with van der Waals surface area (Å²) in [7, 11) is 0. The van der Waals surface area contributed by atoms with E-state index in [4.69, 9.17) is 10.7 Å². The minimum atomic E-state index is -0.725. The van der Waals surface area contributed by atoms with Crippen LogP contribution in [0, 0.1) is 27.7 Å². The van der Waals surface area contributed by atoms with Crippen LogP contribution < -0.4 is 11.2 Å². The van der Waals surface area contributed by atoms with Crippen molar-refractivity contribution in [2.75, 3.05) is 5.32 Å². The van der Waals surface area contributed by atoms with Crippen molar-refractivity contribution in [1.29, 1.82) is 0 Å². The number of phenols is 2. The summed E-state index contributed by atoms with van der Waals surface area (Å²) >= 11 is 0. The van der Waals surface area contributed by atoms with Crippen molar-refractivity contribution in [2.24, 2.45) is 26.4 Å². The minimum absolute atomic E-state index is 0.0260. The molecule has 0 aliphatic heterocycles. The number of fused-ring (bicyclic) bond motifs is 5. The van der Waals surface area contributed by atoms with E-state index >= 15 is 0 Å². The molecule has 11 nitrogen and oxygen atoms in total. The Kier molecular flexibility index (Phi) is 13.8. The normalized spacial score (nSPS) is 12.7. The first-order valence-electron chi connectivity index (χ1n) is 25.4. The van der Waals surface area contributed by atoms with Crippen molar-refractivity contribution < 1.29 is 24.6 Å². The van der Waals surface area contributed by atoms with Gasteiger partial charge in [-0.25, -0.2) is 5.90 Å². The molecule has 380 valence electrons. The van der Waals surface area contributed by atoms with E-state index in [0.717, 1.165) is 77.4 Å². The second kappa shape index (κ2) is 21.4. The zero-order chi connectivity index (χ0) is 54.0. The molecule has 1 amide bonds. The molecule has 1 aliphatic rings. The van der Waals surface area contributed by atoms with Gasteiger partial charge in [0.25, 0.3) is 5.91 Å². The minimum Gasteiger partial charge on any atom is -0.505 e. The lowest BCUT2D eigenvalue weighted by atomic mass is 9.93. The highest BCUT2D eigenvalue weighted by atomic mass is 16.6. The molecule has 0 aromatic heterocycles. The maximum Gasteiger partial charge on any atom is 0.259 e. The fraction of sp³-hybridized carbons (Fsp3) is 0.0746. The second-order valence-electron chi connectivity index (χ2n) is 19.6. The molecule has 11 heteroatoms. The number of carbonyl (C=O) groups is 2. The third kappa shape index (κ3) is 10.1. The van der Waals surface area contributed by atoms with E-state index in [-0.39, 0.29) is 28.5 Å². The first-order chi connectivity index (χ1) is 37.9. The summed E-state index contributed by atoms with van der Waals surface area (Å²) in [5.41, 5.74) is 14.6. The number of anilines is 1. The predicted molar refractivity (Wildman–Crippen MR) is 313 cm³/mol. The van der Waals surface area contributed by atoms with Crippen molar-refractivity contribution in [1.82, 2.24) is 0 Å². The molecule has 10 aromatic carbocycles. The van der Waals surface area contributed by atoms with E-state index in [1.807, 2.05) is 222 Å². The van der Waals surface area contributed by atoms with Crippen LogP contribution in [0.5, 0.6) is 11.5 Å². The second-order valence-corrected chi connectivity index (χ2v) is 19.6. The summed E-state index contributed by atoms with van der Waals surface area (Å²) in [5, 5.41) is 47.0. The molecule has 10 aromatic rings. The number of aryl methyl sites for hydroxylation is 4. The van der Waals surface area contributed by atoms with Crippen LogP contribution >= 0.6 is 0 Å². The number of nitrogens with zero attached hydrogens (tertiary/aromatic N) is 4. The van der Waals surface area contributed by atoms with Crippen LogP contribution in [0.25, 0.3) is 57.0 Å². The van der Waals surface area contributed by atoms with Gasteiger partial charge in [0.1, 0.15) is 23.2 Å². The number of phenolic OH excluding ortho intramolecular Hbond substituents is 2. The largest absolute Gasteiger partial charge is 0.505 e. The van der Waals surface area contributed by atoms with Gasteiger partial charge in [-0.2, -0.15) is 10.2 Å². The first-order valence-corrected chi connectivity index (χ1v) is 25.4. The monoisotopic (exact) mass is 1020 g/mol. The SMILES string of the molecule is Cc1ccc(NC(=O)c2cc3ccccc3c(N=Nc3ccc(C=Cc4ccc5c(c4)C(=O)c4cc(C=Cc6ccc(N=Nc7c(O)c(C(ON)c8ccc(C)cc8C)cc8ccccc78)cc6)ccc4-5)cc3)c2O)c(C)c1. The van der Waals surface area contributed by atoms with Crippen molar-refractivity contribution >= 4 is 86.0 Å². The zero-order valence-corrected chi connectivity index (χ0v) is 43.2. The molecule has 0 bridgehead atoms. The maximum absolute atomic E-state index is 13.9. The molecule has 0 fully saturated rings. The van der Waals surface area contributed by atoms with E-state index in [1.165, 1.54) is 0 Å². The molecular weight excluding hydrogens is 969 g/mol. The molecule has 1 atom stereocenters. The summed E-state index contributed by atoms with van der Waals surface area (Å²) in [6, 6.07) is 57.4. The Balaban J connectivity index is 0.748. The van der Waals surface area contributed by atoms with Crippen LogP contribution in [-0.2, 0) is 4.84 Å². The number of rotatable bonds is 13. The van der Waals surface area contributed by atoms with Gasteiger partial charge in [-0.1, -0.05) is 163 Å². The molecule has 1 aliphatic carbocycles. The lowest BCUT2D eigenvalue weighted by molar-refractivity contribution is 0.0793.